The summed E-state index contributed by atoms with van der Waals surface area (Å²) in [6.07, 6.45) is 1.17. The summed E-state index contributed by atoms with van der Waals surface area (Å²) in [5.74, 6) is 2.21. The van der Waals surface area contributed by atoms with Gasteiger partial charge in [0.2, 0.25) is 0 Å². The molecule has 3 nitrogen and oxygen atoms in total. The number of rotatable bonds is 2. The number of aromatic nitrogens is 1. The van der Waals surface area contributed by atoms with E-state index in [9.17, 15) is 0 Å². The molecule has 2 atom stereocenters. The van der Waals surface area contributed by atoms with Gasteiger partial charge in [-0.25, -0.2) is 0 Å². The lowest BCUT2D eigenvalue weighted by molar-refractivity contribution is 0.377. The fourth-order valence-electron chi connectivity index (χ4n) is 1.41. The maximum atomic E-state index is 5.51. The van der Waals surface area contributed by atoms with Crippen molar-refractivity contribution in [1.29, 1.82) is 0 Å². The van der Waals surface area contributed by atoms with Crippen LogP contribution in [0.25, 0.3) is 0 Å². The Bertz CT molecular complexity index is 256. The highest BCUT2D eigenvalue weighted by Gasteiger charge is 2.39. The van der Waals surface area contributed by atoms with Crippen LogP contribution in [0.15, 0.2) is 10.6 Å². The van der Waals surface area contributed by atoms with Crippen LogP contribution in [0.4, 0.5) is 0 Å². The van der Waals surface area contributed by atoms with E-state index in [-0.39, 0.29) is 0 Å². The topological polar surface area (TPSA) is 52.0 Å². The number of hydrogen-bond donors (Lipinski definition) is 1. The summed E-state index contributed by atoms with van der Waals surface area (Å²) in [5.41, 5.74) is 6.47. The molecule has 2 rings (SSSR count). The summed E-state index contributed by atoms with van der Waals surface area (Å²) >= 11 is 0. The average molecular weight is 152 g/mol. The zero-order valence-electron chi connectivity index (χ0n) is 6.58. The van der Waals surface area contributed by atoms with Crippen LogP contribution in [0.5, 0.6) is 0 Å². The minimum Gasteiger partial charge on any atom is -0.361 e. The molecule has 2 unspecified atom stereocenters. The highest BCUT2D eigenvalue weighted by atomic mass is 16.5. The highest BCUT2D eigenvalue weighted by molar-refractivity contribution is 5.16. The molecule has 1 aliphatic rings. The van der Waals surface area contributed by atoms with Crippen molar-refractivity contribution in [2.75, 3.05) is 6.54 Å². The molecule has 3 heteroatoms. The first-order valence-corrected chi connectivity index (χ1v) is 3.94. The Hall–Kier alpha value is -0.830. The molecule has 0 aromatic carbocycles. The van der Waals surface area contributed by atoms with Crippen LogP contribution >= 0.6 is 0 Å². The first-order chi connectivity index (χ1) is 5.31. The molecule has 0 amide bonds. The van der Waals surface area contributed by atoms with Gasteiger partial charge < -0.3 is 10.3 Å². The molecule has 1 aliphatic carbocycles. The van der Waals surface area contributed by atoms with E-state index in [2.05, 4.69) is 5.16 Å². The number of nitrogens with two attached hydrogens (primary N) is 1. The van der Waals surface area contributed by atoms with E-state index < -0.39 is 0 Å². The van der Waals surface area contributed by atoms with Crippen molar-refractivity contribution in [2.24, 2.45) is 11.7 Å². The molecule has 2 N–H and O–H groups in total. The summed E-state index contributed by atoms with van der Waals surface area (Å²) in [4.78, 5) is 0. The van der Waals surface area contributed by atoms with E-state index in [0.29, 0.717) is 11.8 Å². The Morgan fingerprint density at radius 1 is 1.82 bits per heavy atom. The van der Waals surface area contributed by atoms with Crippen molar-refractivity contribution in [3.8, 4) is 0 Å². The lowest BCUT2D eigenvalue weighted by atomic mass is 10.2. The third-order valence-electron chi connectivity index (χ3n) is 2.24. The zero-order valence-corrected chi connectivity index (χ0v) is 6.58. The third-order valence-corrected chi connectivity index (χ3v) is 2.24. The second-order valence-corrected chi connectivity index (χ2v) is 3.21. The molecule has 1 aromatic heterocycles. The summed E-state index contributed by atoms with van der Waals surface area (Å²) in [7, 11) is 0. The molecule has 11 heavy (non-hydrogen) atoms. The quantitative estimate of drug-likeness (QED) is 0.689. The van der Waals surface area contributed by atoms with Gasteiger partial charge >= 0.3 is 0 Å². The average Bonchev–Trinajstić information content (AvgIpc) is 2.68. The lowest BCUT2D eigenvalue weighted by Crippen LogP contribution is -2.01. The van der Waals surface area contributed by atoms with Crippen LogP contribution in [0.1, 0.15) is 23.8 Å². The summed E-state index contributed by atoms with van der Waals surface area (Å²) in [5, 5.41) is 3.83. The van der Waals surface area contributed by atoms with Gasteiger partial charge in [0, 0.05) is 12.0 Å². The molecule has 1 aromatic rings. The van der Waals surface area contributed by atoms with E-state index >= 15 is 0 Å². The Morgan fingerprint density at radius 3 is 3.09 bits per heavy atom. The Balaban J connectivity index is 2.08. The lowest BCUT2D eigenvalue weighted by Gasteiger charge is -1.88. The van der Waals surface area contributed by atoms with E-state index in [1.54, 1.807) is 0 Å². The van der Waals surface area contributed by atoms with Crippen molar-refractivity contribution >= 4 is 0 Å². The fourth-order valence-corrected chi connectivity index (χ4v) is 1.41. The predicted octanol–water partition coefficient (Wildman–Crippen LogP) is 1.05. The SMILES string of the molecule is Cc1cc(C2CC2CN)on1. The number of nitrogens with zero attached hydrogens (tertiary/aromatic N) is 1. The van der Waals surface area contributed by atoms with Gasteiger partial charge in [-0.05, 0) is 25.8 Å². The van der Waals surface area contributed by atoms with Crippen LogP contribution in [0.2, 0.25) is 0 Å². The van der Waals surface area contributed by atoms with Crippen molar-refractivity contribution < 1.29 is 4.52 Å². The van der Waals surface area contributed by atoms with Crippen LogP contribution < -0.4 is 5.73 Å². The largest absolute Gasteiger partial charge is 0.361 e. The van der Waals surface area contributed by atoms with E-state index in [0.717, 1.165) is 18.0 Å². The van der Waals surface area contributed by atoms with Gasteiger partial charge in [-0.15, -0.1) is 0 Å². The second-order valence-electron chi connectivity index (χ2n) is 3.21. The minimum atomic E-state index is 0.557. The van der Waals surface area contributed by atoms with Crippen LogP contribution in [-0.4, -0.2) is 11.7 Å². The van der Waals surface area contributed by atoms with Gasteiger partial charge in [0.1, 0.15) is 5.76 Å². The fraction of sp³-hybridized carbons (Fsp3) is 0.625. The van der Waals surface area contributed by atoms with Gasteiger partial charge in [0.05, 0.1) is 5.69 Å². The van der Waals surface area contributed by atoms with Gasteiger partial charge in [-0.1, -0.05) is 5.16 Å². The summed E-state index contributed by atoms with van der Waals surface area (Å²) in [6.45, 7) is 2.71. The van der Waals surface area contributed by atoms with Gasteiger partial charge in [0.15, 0.2) is 0 Å². The minimum absolute atomic E-state index is 0.557. The smallest absolute Gasteiger partial charge is 0.140 e. The van der Waals surface area contributed by atoms with Crippen molar-refractivity contribution in [2.45, 2.75) is 19.3 Å². The third kappa shape index (κ3) is 1.16. The Labute approximate surface area is 65.6 Å². The Kier molecular flexibility index (Phi) is 1.46. The van der Waals surface area contributed by atoms with Crippen molar-refractivity contribution in [3.05, 3.63) is 17.5 Å². The molecule has 0 bridgehead atoms. The molecule has 1 fully saturated rings. The van der Waals surface area contributed by atoms with E-state index in [1.807, 2.05) is 13.0 Å². The molecule has 0 saturated heterocycles. The summed E-state index contributed by atoms with van der Waals surface area (Å²) in [6, 6.07) is 2.00. The van der Waals surface area contributed by atoms with Gasteiger partial charge in [0.25, 0.3) is 0 Å². The van der Waals surface area contributed by atoms with Crippen LogP contribution in [0.3, 0.4) is 0 Å². The maximum Gasteiger partial charge on any atom is 0.140 e. The monoisotopic (exact) mass is 152 g/mol. The molecule has 1 heterocycles. The molecular weight excluding hydrogens is 140 g/mol. The van der Waals surface area contributed by atoms with Crippen LogP contribution in [0, 0.1) is 12.8 Å². The zero-order chi connectivity index (χ0) is 7.84. The first kappa shape index (κ1) is 6.85. The van der Waals surface area contributed by atoms with E-state index in [1.165, 1.54) is 6.42 Å². The van der Waals surface area contributed by atoms with E-state index in [4.69, 9.17) is 10.3 Å². The molecule has 0 radical (unpaired) electrons. The van der Waals surface area contributed by atoms with Crippen molar-refractivity contribution in [3.63, 3.8) is 0 Å². The standard InChI is InChI=1S/C8H12N2O/c1-5-2-8(11-10-5)7-3-6(7)4-9/h2,6-7H,3-4,9H2,1H3. The molecule has 1 saturated carbocycles. The molecular formula is C8H12N2O. The normalized spacial score (nSPS) is 28.9. The number of aryl methyl sites for hydroxylation is 1. The van der Waals surface area contributed by atoms with Crippen molar-refractivity contribution in [1.82, 2.24) is 5.16 Å². The first-order valence-electron chi connectivity index (χ1n) is 3.94. The highest BCUT2D eigenvalue weighted by Crippen LogP contribution is 2.46. The predicted molar refractivity (Wildman–Crippen MR) is 41.1 cm³/mol. The molecule has 0 aliphatic heterocycles. The molecule has 60 valence electrons. The molecule has 0 spiro atoms. The second kappa shape index (κ2) is 2.34. The van der Waals surface area contributed by atoms with Gasteiger partial charge in [-0.3, -0.25) is 0 Å². The van der Waals surface area contributed by atoms with Gasteiger partial charge in [-0.2, -0.15) is 0 Å². The summed E-state index contributed by atoms with van der Waals surface area (Å²) < 4.78 is 5.11. The maximum absolute atomic E-state index is 5.51. The van der Waals surface area contributed by atoms with Crippen LogP contribution in [-0.2, 0) is 0 Å². The number of hydrogen-bond acceptors (Lipinski definition) is 3. The Morgan fingerprint density at radius 2 is 2.64 bits per heavy atom.